The summed E-state index contributed by atoms with van der Waals surface area (Å²) in [6.07, 6.45) is 1.77. The highest BCUT2D eigenvalue weighted by Crippen LogP contribution is 2.15. The molecular formula is C29H46N6O10. The van der Waals surface area contributed by atoms with Gasteiger partial charge in [0, 0.05) is 70.6 Å². The molecular weight excluding hydrogens is 592 g/mol. The summed E-state index contributed by atoms with van der Waals surface area (Å²) in [6.45, 7) is 0.829. The van der Waals surface area contributed by atoms with Gasteiger partial charge >= 0.3 is 29.8 Å². The van der Waals surface area contributed by atoms with E-state index >= 15 is 0 Å². The van der Waals surface area contributed by atoms with Crippen LogP contribution in [0.4, 0.5) is 5.69 Å². The molecule has 1 aromatic rings. The molecule has 252 valence electrons. The molecule has 45 heavy (non-hydrogen) atoms. The van der Waals surface area contributed by atoms with Gasteiger partial charge in [-0.3, -0.25) is 48.5 Å². The zero-order valence-corrected chi connectivity index (χ0v) is 25.5. The quantitative estimate of drug-likeness (QED) is 0.111. The molecule has 1 heterocycles. The van der Waals surface area contributed by atoms with Crippen LogP contribution in [0, 0.1) is 0 Å². The first-order chi connectivity index (χ1) is 21.3. The number of carboxylic acids is 5. The summed E-state index contributed by atoms with van der Waals surface area (Å²) in [6, 6.07) is 6.90. The average molecular weight is 639 g/mol. The van der Waals surface area contributed by atoms with Crippen molar-refractivity contribution in [2.24, 2.45) is 0 Å². The van der Waals surface area contributed by atoms with Crippen molar-refractivity contribution in [2.75, 3.05) is 97.4 Å². The maximum atomic E-state index is 11.7. The van der Waals surface area contributed by atoms with E-state index in [-0.39, 0.29) is 52.4 Å². The van der Waals surface area contributed by atoms with Crippen molar-refractivity contribution in [1.82, 2.24) is 24.5 Å². The summed E-state index contributed by atoms with van der Waals surface area (Å²) in [5.74, 6) is -5.46. The third-order valence-electron chi connectivity index (χ3n) is 7.65. The fraction of sp³-hybridized carbons (Fsp3) is 0.621. The molecule has 1 aliphatic rings. The Kier molecular flexibility index (Phi) is 16.2. The SMILES string of the molecule is Nc1ccc(CCCC(CN2CCN(CC(=O)O)CCN(CC(=O)O)CCN(CC(=O)O)CC2)N(CC(=O)O)CC(=O)O)cc1. The third kappa shape index (κ3) is 16.2. The number of hydrogen-bond acceptors (Lipinski definition) is 11. The lowest BCUT2D eigenvalue weighted by Crippen LogP contribution is -2.52. The summed E-state index contributed by atoms with van der Waals surface area (Å²) in [5, 5.41) is 47.5. The first-order valence-corrected chi connectivity index (χ1v) is 14.9. The molecule has 0 saturated carbocycles. The molecule has 16 nitrogen and oxygen atoms in total. The van der Waals surface area contributed by atoms with E-state index in [4.69, 9.17) is 5.73 Å². The Labute approximate surface area is 262 Å². The van der Waals surface area contributed by atoms with Crippen LogP contribution in [0.15, 0.2) is 24.3 Å². The van der Waals surface area contributed by atoms with Gasteiger partial charge in [0.2, 0.25) is 0 Å². The molecule has 1 saturated heterocycles. The van der Waals surface area contributed by atoms with Gasteiger partial charge in [-0.15, -0.1) is 0 Å². The number of carboxylic acid groups (broad SMARTS) is 5. The monoisotopic (exact) mass is 638 g/mol. The Bertz CT molecular complexity index is 1070. The molecule has 1 fully saturated rings. The van der Waals surface area contributed by atoms with E-state index in [1.54, 1.807) is 26.8 Å². The maximum absolute atomic E-state index is 11.7. The van der Waals surface area contributed by atoms with Gasteiger partial charge in [-0.1, -0.05) is 12.1 Å². The van der Waals surface area contributed by atoms with Gasteiger partial charge in [-0.2, -0.15) is 0 Å². The second-order valence-corrected chi connectivity index (χ2v) is 11.3. The van der Waals surface area contributed by atoms with Gasteiger partial charge in [0.25, 0.3) is 0 Å². The van der Waals surface area contributed by atoms with Gasteiger partial charge in [0.15, 0.2) is 0 Å². The maximum Gasteiger partial charge on any atom is 0.317 e. The molecule has 1 aliphatic heterocycles. The fourth-order valence-electron chi connectivity index (χ4n) is 5.38. The van der Waals surface area contributed by atoms with Gasteiger partial charge in [-0.25, -0.2) is 0 Å². The van der Waals surface area contributed by atoms with Crippen LogP contribution < -0.4 is 5.73 Å². The largest absolute Gasteiger partial charge is 0.480 e. The summed E-state index contributed by atoms with van der Waals surface area (Å²) >= 11 is 0. The Balaban J connectivity index is 2.31. The molecule has 1 atom stereocenters. The molecule has 7 N–H and O–H groups in total. The zero-order valence-electron chi connectivity index (χ0n) is 25.5. The van der Waals surface area contributed by atoms with Crippen molar-refractivity contribution in [3.63, 3.8) is 0 Å². The fourth-order valence-corrected chi connectivity index (χ4v) is 5.38. The van der Waals surface area contributed by atoms with Crippen molar-refractivity contribution in [1.29, 1.82) is 0 Å². The second kappa shape index (κ2) is 19.5. The van der Waals surface area contributed by atoms with Crippen LogP contribution in [0.1, 0.15) is 18.4 Å². The normalized spacial score (nSPS) is 17.3. The van der Waals surface area contributed by atoms with Gasteiger partial charge in [-0.05, 0) is 37.0 Å². The van der Waals surface area contributed by atoms with Crippen LogP contribution in [0.3, 0.4) is 0 Å². The Hall–Kier alpha value is -3.83. The third-order valence-corrected chi connectivity index (χ3v) is 7.65. The van der Waals surface area contributed by atoms with Crippen LogP contribution in [0.2, 0.25) is 0 Å². The van der Waals surface area contributed by atoms with E-state index in [1.165, 1.54) is 4.90 Å². The van der Waals surface area contributed by atoms with Crippen LogP contribution >= 0.6 is 0 Å². The van der Waals surface area contributed by atoms with E-state index < -0.39 is 49.0 Å². The molecule has 1 aromatic carbocycles. The number of benzene rings is 1. The summed E-state index contributed by atoms with van der Waals surface area (Å²) < 4.78 is 0. The molecule has 0 bridgehead atoms. The molecule has 16 heteroatoms. The number of aliphatic carboxylic acids is 5. The summed E-state index contributed by atoms with van der Waals surface area (Å²) in [5.41, 5.74) is 7.44. The van der Waals surface area contributed by atoms with Crippen LogP contribution in [-0.2, 0) is 30.4 Å². The van der Waals surface area contributed by atoms with Crippen molar-refractivity contribution in [3.8, 4) is 0 Å². The molecule has 0 spiro atoms. The second-order valence-electron chi connectivity index (χ2n) is 11.3. The number of nitrogen functional groups attached to an aromatic ring is 1. The number of carbonyl (C=O) groups is 5. The number of nitrogens with zero attached hydrogens (tertiary/aromatic N) is 5. The highest BCUT2D eigenvalue weighted by atomic mass is 16.4. The molecule has 0 amide bonds. The number of aryl methyl sites for hydroxylation is 1. The van der Waals surface area contributed by atoms with E-state index in [9.17, 15) is 49.5 Å². The Morgan fingerprint density at radius 1 is 0.622 bits per heavy atom. The lowest BCUT2D eigenvalue weighted by molar-refractivity contribution is -0.143. The highest BCUT2D eigenvalue weighted by molar-refractivity contribution is 5.72. The number of hydrogen-bond donors (Lipinski definition) is 6. The summed E-state index contributed by atoms with van der Waals surface area (Å²) in [7, 11) is 0. The highest BCUT2D eigenvalue weighted by Gasteiger charge is 2.27. The lowest BCUT2D eigenvalue weighted by Gasteiger charge is -2.37. The predicted octanol–water partition coefficient (Wildman–Crippen LogP) is -1.09. The number of nitrogens with two attached hydrogens (primary N) is 1. The van der Waals surface area contributed by atoms with E-state index in [0.29, 0.717) is 51.1 Å². The minimum Gasteiger partial charge on any atom is -0.480 e. The Morgan fingerprint density at radius 3 is 1.36 bits per heavy atom. The predicted molar refractivity (Wildman–Crippen MR) is 163 cm³/mol. The summed E-state index contributed by atoms with van der Waals surface area (Å²) in [4.78, 5) is 66.5. The van der Waals surface area contributed by atoms with Crippen molar-refractivity contribution in [3.05, 3.63) is 29.8 Å². The number of anilines is 1. The molecule has 0 radical (unpaired) electrons. The molecule has 0 aromatic heterocycles. The van der Waals surface area contributed by atoms with E-state index in [0.717, 1.165) is 5.56 Å². The first-order valence-electron chi connectivity index (χ1n) is 14.9. The number of rotatable bonds is 17. The van der Waals surface area contributed by atoms with Crippen molar-refractivity contribution < 1.29 is 49.5 Å². The smallest absolute Gasteiger partial charge is 0.317 e. The minimum atomic E-state index is -1.17. The first kappa shape index (κ1) is 37.4. The van der Waals surface area contributed by atoms with Crippen LogP contribution in [0.25, 0.3) is 0 Å². The van der Waals surface area contributed by atoms with Crippen LogP contribution in [-0.4, -0.2) is 178 Å². The Morgan fingerprint density at radius 2 is 1.00 bits per heavy atom. The van der Waals surface area contributed by atoms with Crippen molar-refractivity contribution >= 4 is 35.5 Å². The zero-order chi connectivity index (χ0) is 33.4. The van der Waals surface area contributed by atoms with Gasteiger partial charge < -0.3 is 31.3 Å². The standard InChI is InChI=1S/C29H46N6O10/c30-23-6-4-22(5-7-23)2-1-3-24(35(20-28(42)43)21-29(44)45)16-31-8-10-32(17-25(36)37)12-14-34(19-27(40)41)15-13-33(11-9-31)18-26(38)39/h4-7,24H,1-3,8-21,30H2,(H,36,37)(H,38,39)(H,40,41)(H,42,43)(H,44,45). The molecule has 0 aliphatic carbocycles. The minimum absolute atomic E-state index is 0.263. The van der Waals surface area contributed by atoms with Gasteiger partial charge in [0.05, 0.1) is 32.7 Å². The van der Waals surface area contributed by atoms with Crippen molar-refractivity contribution in [2.45, 2.75) is 25.3 Å². The van der Waals surface area contributed by atoms with E-state index in [1.807, 2.05) is 17.0 Å². The topological polar surface area (TPSA) is 229 Å². The molecule has 1 unspecified atom stereocenters. The average Bonchev–Trinajstić information content (AvgIpc) is 2.93. The van der Waals surface area contributed by atoms with E-state index in [2.05, 4.69) is 0 Å². The molecule has 2 rings (SSSR count). The van der Waals surface area contributed by atoms with Gasteiger partial charge in [0.1, 0.15) is 0 Å². The van der Waals surface area contributed by atoms with Crippen LogP contribution in [0.5, 0.6) is 0 Å². The lowest BCUT2D eigenvalue weighted by atomic mass is 10.0.